The van der Waals surface area contributed by atoms with E-state index >= 15 is 0 Å². The fraction of sp³-hybridized carbons (Fsp3) is 0.214. The van der Waals surface area contributed by atoms with Gasteiger partial charge in [0, 0.05) is 17.5 Å². The maximum atomic E-state index is 11.4. The van der Waals surface area contributed by atoms with E-state index in [4.69, 9.17) is 5.84 Å². The van der Waals surface area contributed by atoms with Gasteiger partial charge in [0.2, 0.25) is 11.8 Å². The van der Waals surface area contributed by atoms with Crippen LogP contribution in [0.3, 0.4) is 0 Å². The van der Waals surface area contributed by atoms with Crippen LogP contribution in [-0.2, 0) is 16.1 Å². The van der Waals surface area contributed by atoms with Gasteiger partial charge in [-0.05, 0) is 12.1 Å². The summed E-state index contributed by atoms with van der Waals surface area (Å²) in [6.45, 7) is 0.793. The van der Waals surface area contributed by atoms with Gasteiger partial charge in [-0.2, -0.15) is 0 Å². The summed E-state index contributed by atoms with van der Waals surface area (Å²) in [5.74, 6) is 5.49. The van der Waals surface area contributed by atoms with E-state index in [0.29, 0.717) is 12.4 Å². The van der Waals surface area contributed by atoms with E-state index in [1.165, 1.54) is 0 Å². The summed E-state index contributed by atoms with van der Waals surface area (Å²) in [4.78, 5) is 29.0. The number of benzene rings is 1. The Morgan fingerprint density at radius 1 is 1.24 bits per heavy atom. The fourth-order valence-corrected chi connectivity index (χ4v) is 2.45. The number of pyridine rings is 1. The van der Waals surface area contributed by atoms with E-state index in [2.05, 4.69) is 15.7 Å². The van der Waals surface area contributed by atoms with Crippen LogP contribution in [0.15, 0.2) is 30.3 Å². The molecule has 0 unspecified atom stereocenters. The Morgan fingerprint density at radius 3 is 2.67 bits per heavy atom. The minimum absolute atomic E-state index is 0.183. The van der Waals surface area contributed by atoms with Crippen molar-refractivity contribution in [3.8, 4) is 0 Å². The minimum atomic E-state index is -0.290. The van der Waals surface area contributed by atoms with Crippen LogP contribution in [0.1, 0.15) is 5.56 Å². The van der Waals surface area contributed by atoms with Gasteiger partial charge >= 0.3 is 0 Å². The third-order valence-corrected chi connectivity index (χ3v) is 3.35. The van der Waals surface area contributed by atoms with Crippen LogP contribution in [0.5, 0.6) is 0 Å². The number of imide groups is 1. The number of anilines is 1. The van der Waals surface area contributed by atoms with Crippen molar-refractivity contribution >= 4 is 28.5 Å². The van der Waals surface area contributed by atoms with Crippen LogP contribution in [0.2, 0.25) is 0 Å². The van der Waals surface area contributed by atoms with Crippen LogP contribution >= 0.6 is 0 Å². The smallest absolute Gasteiger partial charge is 0.240 e. The molecular weight excluding hydrogens is 270 g/mol. The molecule has 21 heavy (non-hydrogen) atoms. The maximum Gasteiger partial charge on any atom is 0.240 e. The summed E-state index contributed by atoms with van der Waals surface area (Å²) in [7, 11) is 0. The fourth-order valence-electron chi connectivity index (χ4n) is 2.45. The van der Waals surface area contributed by atoms with Gasteiger partial charge in [0.05, 0.1) is 18.6 Å². The van der Waals surface area contributed by atoms with E-state index in [1.807, 2.05) is 30.3 Å². The van der Waals surface area contributed by atoms with Crippen LogP contribution in [0.25, 0.3) is 10.9 Å². The average Bonchev–Trinajstić information content (AvgIpc) is 2.45. The molecule has 0 aliphatic carbocycles. The number of nitrogen functional groups attached to an aromatic ring is 1. The van der Waals surface area contributed by atoms with Crippen molar-refractivity contribution in [2.24, 2.45) is 5.84 Å². The van der Waals surface area contributed by atoms with Gasteiger partial charge in [0.25, 0.3) is 0 Å². The van der Waals surface area contributed by atoms with Crippen molar-refractivity contribution in [3.63, 3.8) is 0 Å². The number of aromatic nitrogens is 1. The number of para-hydroxylation sites is 1. The number of carbonyl (C=O) groups excluding carboxylic acids is 2. The lowest BCUT2D eigenvalue weighted by Gasteiger charge is -2.25. The molecule has 0 bridgehead atoms. The number of piperazine rings is 1. The van der Waals surface area contributed by atoms with Crippen molar-refractivity contribution in [1.82, 2.24) is 15.2 Å². The molecule has 1 aromatic carbocycles. The van der Waals surface area contributed by atoms with E-state index in [-0.39, 0.29) is 24.9 Å². The molecule has 108 valence electrons. The second kappa shape index (κ2) is 5.47. The number of hydrogen-bond donors (Lipinski definition) is 3. The molecule has 2 heterocycles. The Hall–Kier alpha value is -2.51. The van der Waals surface area contributed by atoms with Gasteiger partial charge in [-0.1, -0.05) is 18.2 Å². The summed E-state index contributed by atoms with van der Waals surface area (Å²) in [5, 5.41) is 3.26. The van der Waals surface area contributed by atoms with Crippen molar-refractivity contribution in [2.75, 3.05) is 18.5 Å². The van der Waals surface area contributed by atoms with E-state index in [1.54, 1.807) is 4.90 Å². The third kappa shape index (κ3) is 2.83. The maximum absolute atomic E-state index is 11.4. The number of fused-ring (bicyclic) bond motifs is 1. The monoisotopic (exact) mass is 285 g/mol. The van der Waals surface area contributed by atoms with Crippen molar-refractivity contribution < 1.29 is 9.59 Å². The van der Waals surface area contributed by atoms with Gasteiger partial charge in [0.1, 0.15) is 5.82 Å². The first-order chi connectivity index (χ1) is 10.2. The van der Waals surface area contributed by atoms with Crippen LogP contribution in [0.4, 0.5) is 5.82 Å². The zero-order chi connectivity index (χ0) is 14.8. The molecule has 0 atom stereocenters. The van der Waals surface area contributed by atoms with Crippen LogP contribution < -0.4 is 16.6 Å². The first-order valence-corrected chi connectivity index (χ1v) is 6.56. The lowest BCUT2D eigenvalue weighted by molar-refractivity contribution is -0.136. The molecule has 3 rings (SSSR count). The Balaban J connectivity index is 1.92. The molecule has 2 amide bonds. The molecule has 1 aromatic heterocycles. The largest absolute Gasteiger partial charge is 0.308 e. The number of rotatable bonds is 3. The van der Waals surface area contributed by atoms with E-state index in [9.17, 15) is 9.59 Å². The second-order valence-corrected chi connectivity index (χ2v) is 4.95. The SMILES string of the molecule is NNc1nc2ccccc2cc1CN1CC(=O)NC(=O)C1. The van der Waals surface area contributed by atoms with Crippen molar-refractivity contribution in [3.05, 3.63) is 35.9 Å². The number of nitrogens with zero attached hydrogens (tertiary/aromatic N) is 2. The second-order valence-electron chi connectivity index (χ2n) is 4.95. The van der Waals surface area contributed by atoms with Gasteiger partial charge in [-0.3, -0.25) is 19.8 Å². The number of hydrogen-bond acceptors (Lipinski definition) is 6. The summed E-state index contributed by atoms with van der Waals surface area (Å²) in [6, 6.07) is 9.66. The molecule has 1 fully saturated rings. The Bertz CT molecular complexity index is 700. The average molecular weight is 285 g/mol. The Labute approximate surface area is 121 Å². The Morgan fingerprint density at radius 2 is 1.95 bits per heavy atom. The highest BCUT2D eigenvalue weighted by molar-refractivity contribution is 5.99. The quantitative estimate of drug-likeness (QED) is 0.416. The predicted molar refractivity (Wildman–Crippen MR) is 78.0 cm³/mol. The molecule has 0 radical (unpaired) electrons. The lowest BCUT2D eigenvalue weighted by atomic mass is 10.1. The molecule has 0 saturated carbocycles. The highest BCUT2D eigenvalue weighted by Gasteiger charge is 2.23. The van der Waals surface area contributed by atoms with E-state index < -0.39 is 0 Å². The number of hydrazine groups is 1. The van der Waals surface area contributed by atoms with E-state index in [0.717, 1.165) is 16.5 Å². The number of carbonyl (C=O) groups is 2. The standard InChI is InChI=1S/C14H15N5O2/c15-18-14-10(5-9-3-1-2-4-11(9)16-14)6-19-7-12(20)17-13(21)8-19/h1-5H,6-8,15H2,(H,16,18)(H,17,20,21). The zero-order valence-electron chi connectivity index (χ0n) is 11.3. The van der Waals surface area contributed by atoms with Gasteiger partial charge < -0.3 is 5.43 Å². The molecule has 1 saturated heterocycles. The first-order valence-electron chi connectivity index (χ1n) is 6.56. The van der Waals surface area contributed by atoms with Crippen LogP contribution in [0, 0.1) is 0 Å². The topological polar surface area (TPSA) is 100 Å². The van der Waals surface area contributed by atoms with Crippen molar-refractivity contribution in [1.29, 1.82) is 0 Å². The Kier molecular flexibility index (Phi) is 3.51. The predicted octanol–water partition coefficient (Wildman–Crippen LogP) is -0.0212. The van der Waals surface area contributed by atoms with Gasteiger partial charge in [-0.25, -0.2) is 10.8 Å². The highest BCUT2D eigenvalue weighted by atomic mass is 16.2. The molecule has 7 nitrogen and oxygen atoms in total. The van der Waals surface area contributed by atoms with Gasteiger partial charge in [-0.15, -0.1) is 0 Å². The molecular formula is C14H15N5O2. The number of amides is 2. The summed E-state index contributed by atoms with van der Waals surface area (Å²) >= 11 is 0. The summed E-state index contributed by atoms with van der Waals surface area (Å²) < 4.78 is 0. The lowest BCUT2D eigenvalue weighted by Crippen LogP contribution is -2.50. The van der Waals surface area contributed by atoms with Crippen molar-refractivity contribution in [2.45, 2.75) is 6.54 Å². The summed E-state index contributed by atoms with van der Waals surface area (Å²) in [5.41, 5.74) is 4.26. The minimum Gasteiger partial charge on any atom is -0.308 e. The molecule has 4 N–H and O–H groups in total. The molecule has 1 aliphatic rings. The molecule has 7 heteroatoms. The van der Waals surface area contributed by atoms with Gasteiger partial charge in [0.15, 0.2) is 0 Å². The summed E-state index contributed by atoms with van der Waals surface area (Å²) in [6.07, 6.45) is 0. The highest BCUT2D eigenvalue weighted by Crippen LogP contribution is 2.21. The van der Waals surface area contributed by atoms with Crippen LogP contribution in [-0.4, -0.2) is 34.8 Å². The molecule has 1 aliphatic heterocycles. The number of nitrogens with two attached hydrogens (primary N) is 1. The first kappa shape index (κ1) is 13.5. The molecule has 2 aromatic rings. The normalized spacial score (nSPS) is 16.0. The molecule has 0 spiro atoms. The zero-order valence-corrected chi connectivity index (χ0v) is 11.3. The number of nitrogens with one attached hydrogen (secondary N) is 2. The third-order valence-electron chi connectivity index (χ3n) is 3.35.